The van der Waals surface area contributed by atoms with Gasteiger partial charge in [0.25, 0.3) is 5.91 Å². The van der Waals surface area contributed by atoms with E-state index in [-0.39, 0.29) is 12.1 Å². The zero-order valence-electron chi connectivity index (χ0n) is 11.9. The molecule has 0 unspecified atom stereocenters. The molecule has 2 aromatic heterocycles. The third kappa shape index (κ3) is 3.39. The van der Waals surface area contributed by atoms with Gasteiger partial charge in [-0.3, -0.25) is 4.79 Å². The van der Waals surface area contributed by atoms with Crippen molar-refractivity contribution in [3.05, 3.63) is 77.8 Å². The Labute approximate surface area is 130 Å². The lowest BCUT2D eigenvalue weighted by molar-refractivity contribution is 0.0947. The number of carbonyl (C=O) groups is 1. The van der Waals surface area contributed by atoms with E-state index >= 15 is 0 Å². The first-order valence-corrected chi connectivity index (χ1v) is 6.82. The van der Waals surface area contributed by atoms with E-state index in [1.54, 1.807) is 41.5 Å². The molecule has 0 aliphatic carbocycles. The van der Waals surface area contributed by atoms with E-state index in [1.807, 2.05) is 0 Å². The smallest absolute Gasteiger partial charge is 0.254 e. The predicted molar refractivity (Wildman–Crippen MR) is 78.9 cm³/mol. The molecule has 0 spiro atoms. The molecule has 1 aromatic carbocycles. The summed E-state index contributed by atoms with van der Waals surface area (Å²) in [6.45, 7) is 0.183. The second kappa shape index (κ2) is 6.35. The normalized spacial score (nSPS) is 10.5. The molecule has 3 aromatic rings. The highest BCUT2D eigenvalue weighted by atomic mass is 19.1. The van der Waals surface area contributed by atoms with Crippen LogP contribution in [0.5, 0.6) is 0 Å². The highest BCUT2D eigenvalue weighted by Gasteiger charge is 2.12. The Morgan fingerprint density at radius 3 is 2.74 bits per heavy atom. The maximum atomic E-state index is 13.5. The number of nitrogens with one attached hydrogen (secondary N) is 1. The summed E-state index contributed by atoms with van der Waals surface area (Å²) >= 11 is 0. The molecule has 3 rings (SSSR count). The van der Waals surface area contributed by atoms with Crippen molar-refractivity contribution in [2.75, 3.05) is 0 Å². The summed E-state index contributed by atoms with van der Waals surface area (Å²) in [5, 5.41) is 6.62. The summed E-state index contributed by atoms with van der Waals surface area (Å²) < 4.78 is 28.0. The zero-order chi connectivity index (χ0) is 16.2. The molecular weight excluding hydrogens is 302 g/mol. The zero-order valence-corrected chi connectivity index (χ0v) is 11.9. The lowest BCUT2D eigenvalue weighted by atomic mass is 10.2. The molecule has 1 amide bonds. The number of halogens is 2. The molecule has 7 heteroatoms. The Hall–Kier alpha value is -3.09. The van der Waals surface area contributed by atoms with E-state index in [0.29, 0.717) is 11.9 Å². The number of hydrogen-bond acceptors (Lipinski definition) is 3. The van der Waals surface area contributed by atoms with Gasteiger partial charge in [-0.2, -0.15) is 5.10 Å². The fourth-order valence-electron chi connectivity index (χ4n) is 2.01. The Bertz CT molecular complexity index is 817. The van der Waals surface area contributed by atoms with Crippen LogP contribution in [0.1, 0.15) is 15.9 Å². The van der Waals surface area contributed by atoms with E-state index in [4.69, 9.17) is 0 Å². The fraction of sp³-hybridized carbons (Fsp3) is 0.0625. The van der Waals surface area contributed by atoms with E-state index < -0.39 is 17.5 Å². The van der Waals surface area contributed by atoms with Crippen LogP contribution in [0.2, 0.25) is 0 Å². The van der Waals surface area contributed by atoms with Crippen molar-refractivity contribution in [2.45, 2.75) is 6.54 Å². The van der Waals surface area contributed by atoms with Gasteiger partial charge in [0.2, 0.25) is 0 Å². The van der Waals surface area contributed by atoms with Gasteiger partial charge >= 0.3 is 0 Å². The second-order valence-electron chi connectivity index (χ2n) is 4.78. The highest BCUT2D eigenvalue weighted by molar-refractivity contribution is 5.94. The molecule has 0 aliphatic heterocycles. The molecule has 0 fully saturated rings. The minimum absolute atomic E-state index is 0.183. The molecular formula is C16H12F2N4O. The van der Waals surface area contributed by atoms with Crippen molar-refractivity contribution >= 4 is 5.91 Å². The monoisotopic (exact) mass is 314 g/mol. The number of amides is 1. The second-order valence-corrected chi connectivity index (χ2v) is 4.78. The summed E-state index contributed by atoms with van der Waals surface area (Å²) in [7, 11) is 0. The SMILES string of the molecule is O=C(NCc1ccc(-n2cccn2)nc1)c1ccc(F)cc1F. The van der Waals surface area contributed by atoms with E-state index in [1.165, 1.54) is 0 Å². The van der Waals surface area contributed by atoms with Gasteiger partial charge in [-0.15, -0.1) is 0 Å². The molecule has 5 nitrogen and oxygen atoms in total. The van der Waals surface area contributed by atoms with Crippen LogP contribution in [0.15, 0.2) is 55.0 Å². The Morgan fingerprint density at radius 1 is 1.22 bits per heavy atom. The number of pyridine rings is 1. The lowest BCUT2D eigenvalue weighted by Gasteiger charge is -2.07. The molecule has 116 valence electrons. The largest absolute Gasteiger partial charge is 0.348 e. The summed E-state index contributed by atoms with van der Waals surface area (Å²) in [4.78, 5) is 16.1. The van der Waals surface area contributed by atoms with Gasteiger partial charge in [0, 0.05) is 31.2 Å². The Kier molecular flexibility index (Phi) is 4.09. The van der Waals surface area contributed by atoms with Crippen molar-refractivity contribution < 1.29 is 13.6 Å². The Balaban J connectivity index is 1.65. The third-order valence-electron chi connectivity index (χ3n) is 3.18. The van der Waals surface area contributed by atoms with Crippen LogP contribution in [-0.4, -0.2) is 20.7 Å². The molecule has 0 aliphatic rings. The number of nitrogens with zero attached hydrogens (tertiary/aromatic N) is 3. The molecule has 1 N–H and O–H groups in total. The van der Waals surface area contributed by atoms with Gasteiger partial charge in [-0.05, 0) is 29.8 Å². The molecule has 0 saturated heterocycles. The highest BCUT2D eigenvalue weighted by Crippen LogP contribution is 2.10. The maximum absolute atomic E-state index is 13.5. The first-order valence-electron chi connectivity index (χ1n) is 6.82. The first kappa shape index (κ1) is 14.8. The van der Waals surface area contributed by atoms with Gasteiger partial charge in [0.1, 0.15) is 11.6 Å². The van der Waals surface area contributed by atoms with E-state index in [0.717, 1.165) is 17.7 Å². The molecule has 0 radical (unpaired) electrons. The number of carbonyl (C=O) groups excluding carboxylic acids is 1. The van der Waals surface area contributed by atoms with Crippen molar-refractivity contribution in [1.29, 1.82) is 0 Å². The van der Waals surface area contributed by atoms with E-state index in [2.05, 4.69) is 15.4 Å². The summed E-state index contributed by atoms with van der Waals surface area (Å²) in [6, 6.07) is 8.15. The van der Waals surface area contributed by atoms with Crippen LogP contribution in [0, 0.1) is 11.6 Å². The van der Waals surface area contributed by atoms with Crippen molar-refractivity contribution in [3.63, 3.8) is 0 Å². The summed E-state index contributed by atoms with van der Waals surface area (Å²) in [5.41, 5.74) is 0.546. The van der Waals surface area contributed by atoms with Gasteiger partial charge in [0.15, 0.2) is 5.82 Å². The number of aromatic nitrogens is 3. The first-order chi connectivity index (χ1) is 11.1. The minimum atomic E-state index is -0.894. The van der Waals surface area contributed by atoms with Crippen LogP contribution in [0.25, 0.3) is 5.82 Å². The van der Waals surface area contributed by atoms with Gasteiger partial charge in [-0.25, -0.2) is 18.4 Å². The summed E-state index contributed by atoms with van der Waals surface area (Å²) in [6.07, 6.45) is 5.01. The maximum Gasteiger partial charge on any atom is 0.254 e. The fourth-order valence-corrected chi connectivity index (χ4v) is 2.01. The predicted octanol–water partition coefficient (Wildman–Crippen LogP) is 2.48. The average molecular weight is 314 g/mol. The van der Waals surface area contributed by atoms with E-state index in [9.17, 15) is 13.6 Å². The van der Waals surface area contributed by atoms with Crippen molar-refractivity contribution in [2.24, 2.45) is 0 Å². The standard InChI is InChI=1S/C16H12F2N4O/c17-12-3-4-13(14(18)8-12)16(23)20-10-11-2-5-15(19-9-11)22-7-1-6-21-22/h1-9H,10H2,(H,20,23). The number of hydrogen-bond donors (Lipinski definition) is 1. The molecule has 23 heavy (non-hydrogen) atoms. The molecule has 2 heterocycles. The number of benzene rings is 1. The quantitative estimate of drug-likeness (QED) is 0.805. The molecule has 0 atom stereocenters. The van der Waals surface area contributed by atoms with Crippen LogP contribution >= 0.6 is 0 Å². The van der Waals surface area contributed by atoms with Crippen molar-refractivity contribution in [1.82, 2.24) is 20.1 Å². The van der Waals surface area contributed by atoms with Crippen LogP contribution in [-0.2, 0) is 6.54 Å². The molecule has 0 saturated carbocycles. The average Bonchev–Trinajstić information content (AvgIpc) is 3.07. The lowest BCUT2D eigenvalue weighted by Crippen LogP contribution is -2.24. The van der Waals surface area contributed by atoms with Crippen LogP contribution in [0.4, 0.5) is 8.78 Å². The van der Waals surface area contributed by atoms with Gasteiger partial charge in [0.05, 0.1) is 5.56 Å². The molecule has 0 bridgehead atoms. The Morgan fingerprint density at radius 2 is 2.09 bits per heavy atom. The number of rotatable bonds is 4. The van der Waals surface area contributed by atoms with Crippen molar-refractivity contribution in [3.8, 4) is 5.82 Å². The van der Waals surface area contributed by atoms with Crippen LogP contribution < -0.4 is 5.32 Å². The third-order valence-corrected chi connectivity index (χ3v) is 3.18. The van der Waals surface area contributed by atoms with Gasteiger partial charge < -0.3 is 5.32 Å². The topological polar surface area (TPSA) is 59.8 Å². The van der Waals surface area contributed by atoms with Crippen LogP contribution in [0.3, 0.4) is 0 Å². The minimum Gasteiger partial charge on any atom is -0.348 e. The summed E-state index contributed by atoms with van der Waals surface area (Å²) in [5.74, 6) is -1.58. The van der Waals surface area contributed by atoms with Gasteiger partial charge in [-0.1, -0.05) is 6.07 Å².